The van der Waals surface area contributed by atoms with Crippen molar-refractivity contribution in [2.75, 3.05) is 0 Å². The summed E-state index contributed by atoms with van der Waals surface area (Å²) in [5.41, 5.74) is 9.48. The minimum absolute atomic E-state index is 0.121. The van der Waals surface area contributed by atoms with Crippen molar-refractivity contribution in [2.45, 2.75) is 32.1 Å². The zero-order valence-electron chi connectivity index (χ0n) is 17.9. The van der Waals surface area contributed by atoms with Crippen molar-refractivity contribution in [3.8, 4) is 34.4 Å². The fraction of sp³-hybridized carbons (Fsp3) is 0.250. The first-order valence-corrected chi connectivity index (χ1v) is 10.3. The summed E-state index contributed by atoms with van der Waals surface area (Å²) in [7, 11) is 1.86. The number of carbonyl (C=O) groups is 1. The number of fused-ring (bicyclic) bond motifs is 1. The molecule has 0 unspecified atom stereocenters. The maximum Gasteiger partial charge on any atom is 0.293 e. The summed E-state index contributed by atoms with van der Waals surface area (Å²) in [4.78, 5) is 21.9. The largest absolute Gasteiger partial charge is 0.359 e. The number of halogens is 1. The minimum atomic E-state index is -0.572. The maximum atomic E-state index is 14.6. The molecule has 0 saturated heterocycles. The van der Waals surface area contributed by atoms with E-state index in [-0.39, 0.29) is 5.82 Å². The van der Waals surface area contributed by atoms with Crippen LogP contribution in [-0.2, 0) is 11.8 Å². The number of hydrogen-bond donors (Lipinski definition) is 2. The van der Waals surface area contributed by atoms with Gasteiger partial charge < -0.3 is 10.7 Å². The van der Waals surface area contributed by atoms with Gasteiger partial charge in [-0.25, -0.2) is 14.4 Å². The molecule has 0 spiro atoms. The second kappa shape index (κ2) is 9.02. The lowest BCUT2D eigenvalue weighted by Crippen LogP contribution is -2.10. The zero-order valence-corrected chi connectivity index (χ0v) is 17.9. The average molecular weight is 430 g/mol. The van der Waals surface area contributed by atoms with Gasteiger partial charge in [0.15, 0.2) is 5.65 Å². The summed E-state index contributed by atoms with van der Waals surface area (Å²) < 4.78 is 16.4. The second-order valence-corrected chi connectivity index (χ2v) is 7.65. The summed E-state index contributed by atoms with van der Waals surface area (Å²) in [6.45, 7) is 1.56. The van der Waals surface area contributed by atoms with Crippen molar-refractivity contribution in [3.63, 3.8) is 0 Å². The van der Waals surface area contributed by atoms with Crippen molar-refractivity contribution in [2.24, 2.45) is 12.8 Å². The monoisotopic (exact) mass is 430 g/mol. The number of aryl methyl sites for hydroxylation is 1. The van der Waals surface area contributed by atoms with Gasteiger partial charge in [-0.2, -0.15) is 5.10 Å². The van der Waals surface area contributed by atoms with E-state index in [0.29, 0.717) is 17.4 Å². The number of rotatable bonds is 3. The third kappa shape index (κ3) is 4.37. The Hall–Kier alpha value is -3.99. The highest BCUT2D eigenvalue weighted by molar-refractivity contribution is 5.92. The molecule has 0 aliphatic heterocycles. The molecule has 4 aromatic rings. The van der Waals surface area contributed by atoms with Crippen molar-refractivity contribution >= 4 is 17.1 Å². The SMILES string of the molecule is CC#CC(N)=O.Cn1cc(-c2nc3nccc(-c4ccc(C5CCC5)c(F)c4)c3[nH]2)cn1. The molecule has 1 aliphatic carbocycles. The van der Waals surface area contributed by atoms with Crippen LogP contribution in [0.2, 0.25) is 0 Å². The molecule has 32 heavy (non-hydrogen) atoms. The van der Waals surface area contributed by atoms with Crippen molar-refractivity contribution < 1.29 is 9.18 Å². The lowest BCUT2D eigenvalue weighted by molar-refractivity contribution is -0.112. The number of benzene rings is 1. The van der Waals surface area contributed by atoms with Crippen LogP contribution in [0.1, 0.15) is 37.7 Å². The number of imidazole rings is 1. The van der Waals surface area contributed by atoms with Crippen molar-refractivity contribution in [1.29, 1.82) is 0 Å². The number of hydrogen-bond acceptors (Lipinski definition) is 4. The van der Waals surface area contributed by atoms with Gasteiger partial charge in [-0.1, -0.05) is 24.5 Å². The molecule has 5 rings (SSSR count). The molecule has 7 nitrogen and oxygen atoms in total. The molecule has 3 heterocycles. The molecule has 0 bridgehead atoms. The van der Waals surface area contributed by atoms with Crippen LogP contribution in [0.25, 0.3) is 33.7 Å². The number of aromatic amines is 1. The predicted octanol–water partition coefficient (Wildman–Crippen LogP) is 3.93. The van der Waals surface area contributed by atoms with Crippen LogP contribution in [0, 0.1) is 17.7 Å². The average Bonchev–Trinajstić information content (AvgIpc) is 3.34. The zero-order chi connectivity index (χ0) is 22.7. The van der Waals surface area contributed by atoms with Crippen molar-refractivity contribution in [1.82, 2.24) is 24.7 Å². The van der Waals surface area contributed by atoms with Crippen LogP contribution < -0.4 is 5.73 Å². The molecule has 0 atom stereocenters. The van der Waals surface area contributed by atoms with Crippen LogP contribution in [0.5, 0.6) is 0 Å². The Kier molecular flexibility index (Phi) is 5.99. The number of amides is 1. The first-order chi connectivity index (χ1) is 15.5. The van der Waals surface area contributed by atoms with Gasteiger partial charge in [-0.15, -0.1) is 0 Å². The molecule has 1 saturated carbocycles. The van der Waals surface area contributed by atoms with E-state index in [1.807, 2.05) is 31.4 Å². The molecule has 162 valence electrons. The number of primary amides is 1. The third-order valence-electron chi connectivity index (χ3n) is 5.48. The highest BCUT2D eigenvalue weighted by atomic mass is 19.1. The Morgan fingerprint density at radius 3 is 2.66 bits per heavy atom. The van der Waals surface area contributed by atoms with Gasteiger partial charge in [0.25, 0.3) is 5.91 Å². The van der Waals surface area contributed by atoms with Gasteiger partial charge in [0.05, 0.1) is 17.3 Å². The summed E-state index contributed by atoms with van der Waals surface area (Å²) >= 11 is 0. The van der Waals surface area contributed by atoms with E-state index in [4.69, 9.17) is 0 Å². The highest BCUT2D eigenvalue weighted by Crippen LogP contribution is 2.39. The first kappa shape index (κ1) is 21.2. The van der Waals surface area contributed by atoms with Gasteiger partial charge in [0.1, 0.15) is 11.6 Å². The molecular formula is C24H23FN6O. The normalized spacial score (nSPS) is 13.0. The molecular weight excluding hydrogens is 407 g/mol. The Labute approximate surface area is 184 Å². The summed E-state index contributed by atoms with van der Waals surface area (Å²) in [5.74, 6) is 4.84. The van der Waals surface area contributed by atoms with E-state index >= 15 is 0 Å². The van der Waals surface area contributed by atoms with E-state index < -0.39 is 5.91 Å². The Morgan fingerprint density at radius 2 is 2.09 bits per heavy atom. The van der Waals surface area contributed by atoms with E-state index in [9.17, 15) is 9.18 Å². The smallest absolute Gasteiger partial charge is 0.293 e. The Balaban J connectivity index is 0.000000363. The van der Waals surface area contributed by atoms with Crippen LogP contribution in [0.4, 0.5) is 4.39 Å². The highest BCUT2D eigenvalue weighted by Gasteiger charge is 2.23. The molecule has 8 heteroatoms. The minimum Gasteiger partial charge on any atom is -0.359 e. The topological polar surface area (TPSA) is 102 Å². The van der Waals surface area contributed by atoms with E-state index in [1.54, 1.807) is 30.1 Å². The Bertz CT molecular complexity index is 1340. The Morgan fingerprint density at radius 1 is 1.28 bits per heavy atom. The van der Waals surface area contributed by atoms with Gasteiger partial charge in [0.2, 0.25) is 0 Å². The number of H-pyrrole nitrogens is 1. The number of carbonyl (C=O) groups excluding carboxylic acids is 1. The lowest BCUT2D eigenvalue weighted by Gasteiger charge is -2.26. The number of aromatic nitrogens is 5. The molecule has 1 aromatic carbocycles. The number of nitrogens with one attached hydrogen (secondary N) is 1. The summed E-state index contributed by atoms with van der Waals surface area (Å²) in [5, 5.41) is 4.18. The molecule has 1 aliphatic rings. The van der Waals surface area contributed by atoms with E-state index in [0.717, 1.165) is 40.6 Å². The van der Waals surface area contributed by atoms with Crippen molar-refractivity contribution in [3.05, 3.63) is 54.2 Å². The number of nitrogens with two attached hydrogens (primary N) is 1. The van der Waals surface area contributed by atoms with Crippen LogP contribution in [0.15, 0.2) is 42.9 Å². The molecule has 1 amide bonds. The molecule has 3 aromatic heterocycles. The van der Waals surface area contributed by atoms with Crippen LogP contribution in [0.3, 0.4) is 0 Å². The fourth-order valence-electron chi connectivity index (χ4n) is 3.70. The third-order valence-corrected chi connectivity index (χ3v) is 5.48. The van der Waals surface area contributed by atoms with Gasteiger partial charge >= 0.3 is 0 Å². The second-order valence-electron chi connectivity index (χ2n) is 7.65. The fourth-order valence-corrected chi connectivity index (χ4v) is 3.70. The van der Waals surface area contributed by atoms with Crippen LogP contribution in [-0.4, -0.2) is 30.6 Å². The standard InChI is InChI=1S/C20H18FN5.C4H5NO/c1-26-11-14(10-23-26)19-24-18-16(7-8-22-20(18)25-19)13-5-6-15(17(21)9-13)12-3-2-4-12;1-2-3-4(5)6/h5-12H,2-4H2,1H3,(H,22,24,25);1H3,(H2,5,6). The summed E-state index contributed by atoms with van der Waals surface area (Å²) in [6.07, 6.45) is 8.73. The van der Waals surface area contributed by atoms with Gasteiger partial charge in [-0.05, 0) is 54.9 Å². The van der Waals surface area contributed by atoms with E-state index in [1.165, 1.54) is 6.42 Å². The molecule has 1 fully saturated rings. The molecule has 0 radical (unpaired) electrons. The molecule has 3 N–H and O–H groups in total. The van der Waals surface area contributed by atoms with E-state index in [2.05, 4.69) is 37.6 Å². The first-order valence-electron chi connectivity index (χ1n) is 10.3. The van der Waals surface area contributed by atoms with Gasteiger partial charge in [0, 0.05) is 25.0 Å². The number of nitrogens with zero attached hydrogens (tertiary/aromatic N) is 4. The summed E-state index contributed by atoms with van der Waals surface area (Å²) in [6, 6.07) is 7.45. The number of pyridine rings is 1. The van der Waals surface area contributed by atoms with Gasteiger partial charge in [-0.3, -0.25) is 9.48 Å². The quantitative estimate of drug-likeness (QED) is 0.481. The predicted molar refractivity (Wildman–Crippen MR) is 121 cm³/mol. The maximum absolute atomic E-state index is 14.6. The van der Waals surface area contributed by atoms with Crippen LogP contribution >= 0.6 is 0 Å². The lowest BCUT2D eigenvalue weighted by atomic mass is 9.79.